The molecule has 0 amide bonds. The highest BCUT2D eigenvalue weighted by Crippen LogP contribution is 2.25. The Morgan fingerprint density at radius 2 is 1.38 bits per heavy atom. The highest BCUT2D eigenvalue weighted by atomic mass is 16.6. The molecule has 26 heavy (non-hydrogen) atoms. The minimum Gasteiger partial charge on any atom is -0.355 e. The maximum atomic E-state index is 11.4. The van der Waals surface area contributed by atoms with Gasteiger partial charge in [0.2, 0.25) is 0 Å². The van der Waals surface area contributed by atoms with Crippen molar-refractivity contribution in [3.8, 4) is 0 Å². The van der Waals surface area contributed by atoms with Gasteiger partial charge in [-0.3, -0.25) is 10.1 Å². The Hall–Kier alpha value is -2.95. The summed E-state index contributed by atoms with van der Waals surface area (Å²) in [5.74, 6) is 0. The lowest BCUT2D eigenvalue weighted by molar-refractivity contribution is -0.414. The Balaban J connectivity index is 2.33. The Kier molecular flexibility index (Phi) is 5.93. The van der Waals surface area contributed by atoms with Gasteiger partial charge in [-0.1, -0.05) is 35.4 Å². The number of aryl methyl sites for hydroxylation is 6. The summed E-state index contributed by atoms with van der Waals surface area (Å²) in [6.45, 7) is 11.9. The van der Waals surface area contributed by atoms with E-state index in [9.17, 15) is 10.1 Å². The van der Waals surface area contributed by atoms with E-state index in [-0.39, 0.29) is 5.70 Å². The number of hydrogen-bond donors (Lipinski definition) is 1. The van der Waals surface area contributed by atoms with Crippen LogP contribution in [0.25, 0.3) is 0 Å². The third-order valence-electron chi connectivity index (χ3n) is 4.21. The van der Waals surface area contributed by atoms with Crippen LogP contribution in [-0.2, 0) is 0 Å². The van der Waals surface area contributed by atoms with Crippen LogP contribution in [0.2, 0.25) is 0 Å². The number of hydrogen-bond acceptors (Lipinski definition) is 4. The van der Waals surface area contributed by atoms with Crippen molar-refractivity contribution in [2.45, 2.75) is 41.5 Å². The molecule has 5 nitrogen and oxygen atoms in total. The van der Waals surface area contributed by atoms with Gasteiger partial charge in [0.25, 0.3) is 0 Å². The quantitative estimate of drug-likeness (QED) is 0.441. The fourth-order valence-corrected chi connectivity index (χ4v) is 3.20. The van der Waals surface area contributed by atoms with Gasteiger partial charge >= 0.3 is 5.70 Å². The van der Waals surface area contributed by atoms with Crippen LogP contribution in [0.4, 0.5) is 11.4 Å². The fraction of sp³-hybridized carbons (Fsp3) is 0.286. The van der Waals surface area contributed by atoms with Gasteiger partial charge in [-0.25, -0.2) is 4.99 Å². The van der Waals surface area contributed by atoms with Gasteiger partial charge in [-0.05, 0) is 63.8 Å². The number of rotatable bonds is 5. The predicted molar refractivity (Wildman–Crippen MR) is 108 cm³/mol. The molecule has 0 heterocycles. The molecule has 0 aromatic heterocycles. The van der Waals surface area contributed by atoms with E-state index in [1.165, 1.54) is 12.4 Å². The average molecular weight is 351 g/mol. The molecule has 1 N–H and O–H groups in total. The van der Waals surface area contributed by atoms with Crippen LogP contribution in [-0.4, -0.2) is 11.1 Å². The summed E-state index contributed by atoms with van der Waals surface area (Å²) in [7, 11) is 0. The number of aliphatic imine (C=N–C) groups is 1. The Morgan fingerprint density at radius 1 is 0.923 bits per heavy atom. The molecule has 2 aromatic rings. The normalized spacial score (nSPS) is 11.8. The number of nitrogens with one attached hydrogen (secondary N) is 1. The Labute approximate surface area is 154 Å². The van der Waals surface area contributed by atoms with Gasteiger partial charge in [-0.2, -0.15) is 0 Å². The van der Waals surface area contributed by atoms with Crippen LogP contribution in [0.5, 0.6) is 0 Å². The average Bonchev–Trinajstić information content (AvgIpc) is 2.50. The highest BCUT2D eigenvalue weighted by Gasteiger charge is 2.10. The van der Waals surface area contributed by atoms with Gasteiger partial charge in [0.1, 0.15) is 6.21 Å². The summed E-state index contributed by atoms with van der Waals surface area (Å²) in [6.07, 6.45) is 2.70. The second kappa shape index (κ2) is 7.95. The summed E-state index contributed by atoms with van der Waals surface area (Å²) >= 11 is 0. The van der Waals surface area contributed by atoms with Crippen LogP contribution in [0.3, 0.4) is 0 Å². The molecule has 0 bridgehead atoms. The van der Waals surface area contributed by atoms with Crippen molar-refractivity contribution in [2.75, 3.05) is 5.32 Å². The Bertz CT molecular complexity index is 865. The maximum absolute atomic E-state index is 11.4. The van der Waals surface area contributed by atoms with Crippen LogP contribution < -0.4 is 5.32 Å². The maximum Gasteiger partial charge on any atom is 0.303 e. The standard InChI is InChI=1S/C21H25N3O2/c1-13-7-15(3)20(16(4)8-13)22-11-19(24(25)26)12-23-21-17(5)9-14(2)10-18(21)6/h7-12,22H,1-6H3/b19-11-,23-12?. The first-order valence-corrected chi connectivity index (χ1v) is 8.50. The van der Waals surface area contributed by atoms with Crippen molar-refractivity contribution in [1.82, 2.24) is 0 Å². The van der Waals surface area contributed by atoms with Crippen LogP contribution in [0.1, 0.15) is 33.4 Å². The monoisotopic (exact) mass is 351 g/mol. The summed E-state index contributed by atoms with van der Waals surface area (Å²) in [5, 5.41) is 14.5. The smallest absolute Gasteiger partial charge is 0.303 e. The van der Waals surface area contributed by atoms with E-state index in [1.807, 2.05) is 65.8 Å². The third-order valence-corrected chi connectivity index (χ3v) is 4.21. The van der Waals surface area contributed by atoms with Gasteiger partial charge in [0.15, 0.2) is 0 Å². The SMILES string of the molecule is Cc1cc(C)c(N=C/C(=C/Nc2c(C)cc(C)cc2C)[N+](=O)[O-])c(C)c1. The van der Waals surface area contributed by atoms with Crippen molar-refractivity contribution in [2.24, 2.45) is 4.99 Å². The van der Waals surface area contributed by atoms with E-state index >= 15 is 0 Å². The molecular weight excluding hydrogens is 326 g/mol. The third kappa shape index (κ3) is 4.57. The van der Waals surface area contributed by atoms with E-state index in [0.29, 0.717) is 0 Å². The van der Waals surface area contributed by atoms with Crippen molar-refractivity contribution in [3.63, 3.8) is 0 Å². The van der Waals surface area contributed by atoms with Gasteiger partial charge in [0, 0.05) is 5.69 Å². The minimum atomic E-state index is -0.436. The zero-order valence-electron chi connectivity index (χ0n) is 16.2. The summed E-state index contributed by atoms with van der Waals surface area (Å²) in [6, 6.07) is 8.13. The molecule has 0 spiro atoms. The first-order chi connectivity index (χ1) is 12.2. The molecule has 0 fully saturated rings. The summed E-state index contributed by atoms with van der Waals surface area (Å²) < 4.78 is 0. The van der Waals surface area contributed by atoms with E-state index in [0.717, 1.165) is 44.8 Å². The first kappa shape index (κ1) is 19.4. The van der Waals surface area contributed by atoms with Crippen molar-refractivity contribution in [3.05, 3.63) is 79.7 Å². The van der Waals surface area contributed by atoms with Crippen LogP contribution >= 0.6 is 0 Å². The molecule has 0 saturated heterocycles. The van der Waals surface area contributed by atoms with E-state index in [2.05, 4.69) is 10.3 Å². The van der Waals surface area contributed by atoms with Crippen LogP contribution in [0.15, 0.2) is 41.2 Å². The zero-order chi connectivity index (χ0) is 19.4. The molecule has 2 rings (SSSR count). The molecule has 0 radical (unpaired) electrons. The van der Waals surface area contributed by atoms with Gasteiger partial charge < -0.3 is 5.32 Å². The first-order valence-electron chi connectivity index (χ1n) is 8.50. The molecule has 0 atom stereocenters. The van der Waals surface area contributed by atoms with Crippen molar-refractivity contribution < 1.29 is 4.92 Å². The van der Waals surface area contributed by atoms with Crippen molar-refractivity contribution >= 4 is 17.6 Å². The fourth-order valence-electron chi connectivity index (χ4n) is 3.20. The lowest BCUT2D eigenvalue weighted by Crippen LogP contribution is -2.05. The second-order valence-electron chi connectivity index (χ2n) is 6.75. The molecule has 0 aliphatic carbocycles. The van der Waals surface area contributed by atoms with E-state index < -0.39 is 4.92 Å². The lowest BCUT2D eigenvalue weighted by atomic mass is 10.1. The molecule has 0 aliphatic rings. The number of benzene rings is 2. The minimum absolute atomic E-state index is 0.0937. The number of nitrogens with zero attached hydrogens (tertiary/aromatic N) is 2. The van der Waals surface area contributed by atoms with E-state index in [1.54, 1.807) is 0 Å². The lowest BCUT2D eigenvalue weighted by Gasteiger charge is -2.10. The molecular formula is C21H25N3O2. The van der Waals surface area contributed by atoms with Crippen molar-refractivity contribution in [1.29, 1.82) is 0 Å². The molecule has 136 valence electrons. The molecule has 0 unspecified atom stereocenters. The largest absolute Gasteiger partial charge is 0.355 e. The van der Waals surface area contributed by atoms with E-state index in [4.69, 9.17) is 0 Å². The molecule has 5 heteroatoms. The summed E-state index contributed by atoms with van der Waals surface area (Å²) in [5.41, 5.74) is 7.96. The second-order valence-corrected chi connectivity index (χ2v) is 6.75. The van der Waals surface area contributed by atoms with Gasteiger partial charge in [-0.15, -0.1) is 0 Å². The Morgan fingerprint density at radius 3 is 1.85 bits per heavy atom. The zero-order valence-corrected chi connectivity index (χ0v) is 16.2. The molecule has 0 aliphatic heterocycles. The van der Waals surface area contributed by atoms with Crippen LogP contribution in [0, 0.1) is 51.7 Å². The topological polar surface area (TPSA) is 67.5 Å². The number of nitro groups is 1. The van der Waals surface area contributed by atoms with Gasteiger partial charge in [0.05, 0.1) is 16.8 Å². The highest BCUT2D eigenvalue weighted by molar-refractivity contribution is 5.80. The molecule has 2 aromatic carbocycles. The predicted octanol–water partition coefficient (Wildman–Crippen LogP) is 5.47. The summed E-state index contributed by atoms with van der Waals surface area (Å²) in [4.78, 5) is 15.3. The number of anilines is 1. The number of allylic oxidation sites excluding steroid dienone is 1. The molecule has 0 saturated carbocycles.